The van der Waals surface area contributed by atoms with E-state index in [1.165, 1.54) is 36.1 Å². The molecule has 4 nitrogen and oxygen atoms in total. The maximum absolute atomic E-state index is 11.9. The van der Waals surface area contributed by atoms with Gasteiger partial charge in [-0.15, -0.1) is 0 Å². The number of carbonyl (C=O) groups excluding carboxylic acids is 1. The first-order valence-electron chi connectivity index (χ1n) is 7.23. The van der Waals surface area contributed by atoms with Gasteiger partial charge in [0.05, 0.1) is 10.8 Å². The summed E-state index contributed by atoms with van der Waals surface area (Å²) in [6.07, 6.45) is 4.64. The molecule has 0 saturated heterocycles. The largest absolute Gasteiger partial charge is 0.353 e. The molecule has 0 aliphatic heterocycles. The van der Waals surface area contributed by atoms with E-state index in [4.69, 9.17) is 11.6 Å². The van der Waals surface area contributed by atoms with Crippen LogP contribution in [0.2, 0.25) is 5.02 Å². The van der Waals surface area contributed by atoms with Crippen LogP contribution in [0.15, 0.2) is 28.6 Å². The van der Waals surface area contributed by atoms with E-state index in [2.05, 4.69) is 14.7 Å². The van der Waals surface area contributed by atoms with Crippen molar-refractivity contribution in [2.75, 3.05) is 5.75 Å². The van der Waals surface area contributed by atoms with Crippen molar-refractivity contribution < 1.29 is 4.79 Å². The summed E-state index contributed by atoms with van der Waals surface area (Å²) in [5.41, 5.74) is 0.822. The van der Waals surface area contributed by atoms with Crippen molar-refractivity contribution in [3.8, 4) is 11.4 Å². The van der Waals surface area contributed by atoms with Gasteiger partial charge in [-0.2, -0.15) is 4.37 Å². The van der Waals surface area contributed by atoms with E-state index < -0.39 is 0 Å². The molecule has 0 unspecified atom stereocenters. The van der Waals surface area contributed by atoms with Gasteiger partial charge in [-0.25, -0.2) is 4.98 Å². The van der Waals surface area contributed by atoms with Crippen LogP contribution in [0, 0.1) is 0 Å². The van der Waals surface area contributed by atoms with Gasteiger partial charge in [0, 0.05) is 11.6 Å². The van der Waals surface area contributed by atoms with Crippen LogP contribution in [-0.4, -0.2) is 27.1 Å². The van der Waals surface area contributed by atoms with Crippen LogP contribution in [0.5, 0.6) is 0 Å². The molecular formula is C15H16ClN3OS2. The minimum Gasteiger partial charge on any atom is -0.353 e. The van der Waals surface area contributed by atoms with Crippen molar-refractivity contribution in [2.45, 2.75) is 36.1 Å². The SMILES string of the molecule is O=C(CSc1nc(-c2ccccc2Cl)ns1)NC1CCCC1. The summed E-state index contributed by atoms with van der Waals surface area (Å²) in [6.45, 7) is 0. The van der Waals surface area contributed by atoms with Crippen molar-refractivity contribution in [3.05, 3.63) is 29.3 Å². The molecule has 1 fully saturated rings. The molecule has 1 aromatic heterocycles. The quantitative estimate of drug-likeness (QED) is 0.825. The molecule has 1 saturated carbocycles. The zero-order valence-electron chi connectivity index (χ0n) is 11.9. The van der Waals surface area contributed by atoms with E-state index in [1.54, 1.807) is 0 Å². The summed E-state index contributed by atoms with van der Waals surface area (Å²) >= 11 is 8.87. The van der Waals surface area contributed by atoms with Gasteiger partial charge >= 0.3 is 0 Å². The molecule has 1 N–H and O–H groups in total. The number of aromatic nitrogens is 2. The monoisotopic (exact) mass is 353 g/mol. The second kappa shape index (κ2) is 7.44. The van der Waals surface area contributed by atoms with E-state index >= 15 is 0 Å². The zero-order valence-corrected chi connectivity index (χ0v) is 14.3. The third-order valence-corrected chi connectivity index (χ3v) is 5.73. The Bertz CT molecular complexity index is 656. The highest BCUT2D eigenvalue weighted by Gasteiger charge is 2.17. The van der Waals surface area contributed by atoms with E-state index in [1.807, 2.05) is 24.3 Å². The number of benzene rings is 1. The summed E-state index contributed by atoms with van der Waals surface area (Å²) in [5.74, 6) is 1.08. The molecule has 3 rings (SSSR count). The number of thioether (sulfide) groups is 1. The Morgan fingerprint density at radius 3 is 2.91 bits per heavy atom. The normalized spacial score (nSPS) is 15.1. The number of halogens is 1. The fourth-order valence-electron chi connectivity index (χ4n) is 2.49. The average molecular weight is 354 g/mol. The lowest BCUT2D eigenvalue weighted by atomic mass is 10.2. The zero-order chi connectivity index (χ0) is 15.4. The van der Waals surface area contributed by atoms with Crippen LogP contribution < -0.4 is 5.32 Å². The molecule has 0 spiro atoms. The average Bonchev–Trinajstić information content (AvgIpc) is 3.17. The van der Waals surface area contributed by atoms with Crippen LogP contribution in [-0.2, 0) is 4.79 Å². The Labute approximate surface area is 142 Å². The number of amides is 1. The summed E-state index contributed by atoms with van der Waals surface area (Å²) in [6, 6.07) is 7.86. The van der Waals surface area contributed by atoms with Crippen molar-refractivity contribution in [3.63, 3.8) is 0 Å². The van der Waals surface area contributed by atoms with Gasteiger partial charge in [-0.3, -0.25) is 4.79 Å². The molecule has 1 amide bonds. The fourth-order valence-corrected chi connectivity index (χ4v) is 4.13. The highest BCUT2D eigenvalue weighted by molar-refractivity contribution is 8.01. The fraction of sp³-hybridized carbons (Fsp3) is 0.400. The minimum atomic E-state index is 0.0754. The van der Waals surface area contributed by atoms with Gasteiger partial charge in [0.15, 0.2) is 10.2 Å². The number of hydrogen-bond acceptors (Lipinski definition) is 5. The standard InChI is InChI=1S/C15H16ClN3OS2/c16-12-8-4-3-7-11(12)14-18-15(22-19-14)21-9-13(20)17-10-5-1-2-6-10/h3-4,7-8,10H,1-2,5-6,9H2,(H,17,20). The summed E-state index contributed by atoms with van der Waals surface area (Å²) in [7, 11) is 0. The number of nitrogens with one attached hydrogen (secondary N) is 1. The first kappa shape index (κ1) is 15.8. The van der Waals surface area contributed by atoms with E-state index in [0.717, 1.165) is 22.7 Å². The molecule has 7 heteroatoms. The second-order valence-corrected chi connectivity index (χ2v) is 7.58. The predicted octanol–water partition coefficient (Wildman–Crippen LogP) is 4.01. The molecular weight excluding hydrogens is 338 g/mol. The molecule has 116 valence electrons. The molecule has 1 aliphatic carbocycles. The van der Waals surface area contributed by atoms with Gasteiger partial charge in [0.2, 0.25) is 5.91 Å². The number of rotatable bonds is 5. The molecule has 0 bridgehead atoms. The van der Waals surface area contributed by atoms with Crippen LogP contribution in [0.3, 0.4) is 0 Å². The third kappa shape index (κ3) is 4.00. The lowest BCUT2D eigenvalue weighted by molar-refractivity contribution is -0.119. The Kier molecular flexibility index (Phi) is 5.33. The number of carbonyl (C=O) groups is 1. The van der Waals surface area contributed by atoms with E-state index in [-0.39, 0.29) is 5.91 Å². The molecule has 1 heterocycles. The smallest absolute Gasteiger partial charge is 0.230 e. The van der Waals surface area contributed by atoms with Gasteiger partial charge in [-0.1, -0.05) is 48.3 Å². The number of nitrogens with zero attached hydrogens (tertiary/aromatic N) is 2. The molecule has 0 atom stereocenters. The molecule has 22 heavy (non-hydrogen) atoms. The Morgan fingerprint density at radius 1 is 1.36 bits per heavy atom. The topological polar surface area (TPSA) is 54.9 Å². The van der Waals surface area contributed by atoms with Crippen LogP contribution >= 0.6 is 34.9 Å². The van der Waals surface area contributed by atoms with Gasteiger partial charge < -0.3 is 5.32 Å². The lowest BCUT2D eigenvalue weighted by Crippen LogP contribution is -2.33. The van der Waals surface area contributed by atoms with E-state index in [0.29, 0.717) is 22.6 Å². The summed E-state index contributed by atoms with van der Waals surface area (Å²) in [5, 5.41) is 3.71. The second-order valence-electron chi connectivity index (χ2n) is 5.20. The maximum atomic E-state index is 11.9. The Balaban J connectivity index is 1.55. The highest BCUT2D eigenvalue weighted by atomic mass is 35.5. The minimum absolute atomic E-state index is 0.0754. The van der Waals surface area contributed by atoms with E-state index in [9.17, 15) is 4.79 Å². The summed E-state index contributed by atoms with van der Waals surface area (Å²) < 4.78 is 5.11. The van der Waals surface area contributed by atoms with Crippen molar-refractivity contribution in [2.24, 2.45) is 0 Å². The Hall–Kier alpha value is -1.11. The highest BCUT2D eigenvalue weighted by Crippen LogP contribution is 2.29. The summed E-state index contributed by atoms with van der Waals surface area (Å²) in [4.78, 5) is 16.4. The van der Waals surface area contributed by atoms with Crippen molar-refractivity contribution in [1.29, 1.82) is 0 Å². The Morgan fingerprint density at radius 2 is 2.14 bits per heavy atom. The van der Waals surface area contributed by atoms with Gasteiger partial charge in [0.25, 0.3) is 0 Å². The number of hydrogen-bond donors (Lipinski definition) is 1. The van der Waals surface area contributed by atoms with Gasteiger partial charge in [0.1, 0.15) is 0 Å². The third-order valence-electron chi connectivity index (χ3n) is 3.57. The molecule has 2 aromatic rings. The van der Waals surface area contributed by atoms with Crippen LogP contribution in [0.4, 0.5) is 0 Å². The van der Waals surface area contributed by atoms with Crippen LogP contribution in [0.1, 0.15) is 25.7 Å². The first-order valence-corrected chi connectivity index (χ1v) is 9.37. The van der Waals surface area contributed by atoms with Crippen molar-refractivity contribution in [1.82, 2.24) is 14.7 Å². The predicted molar refractivity (Wildman–Crippen MR) is 91.5 cm³/mol. The molecule has 1 aromatic carbocycles. The maximum Gasteiger partial charge on any atom is 0.230 e. The van der Waals surface area contributed by atoms with Crippen molar-refractivity contribution >= 4 is 40.8 Å². The van der Waals surface area contributed by atoms with Gasteiger partial charge in [-0.05, 0) is 36.5 Å². The lowest BCUT2D eigenvalue weighted by Gasteiger charge is -2.10. The van der Waals surface area contributed by atoms with Crippen LogP contribution in [0.25, 0.3) is 11.4 Å². The molecule has 1 aliphatic rings. The molecule has 0 radical (unpaired) electrons. The first-order chi connectivity index (χ1) is 10.7.